The molecule has 1 aromatic carbocycles. The smallest absolute Gasteiger partial charge is 0.245 e. The fourth-order valence-corrected chi connectivity index (χ4v) is 6.09. The second-order valence-corrected chi connectivity index (χ2v) is 10.0. The number of benzene rings is 1. The number of nitrogens with zero attached hydrogens (tertiary/aromatic N) is 4. The van der Waals surface area contributed by atoms with Crippen LogP contribution in [0.2, 0.25) is 5.02 Å². The summed E-state index contributed by atoms with van der Waals surface area (Å²) in [4.78, 5) is 30.9. The minimum absolute atomic E-state index is 0.0179. The molecule has 1 unspecified atom stereocenters. The van der Waals surface area contributed by atoms with Gasteiger partial charge in [0.25, 0.3) is 0 Å². The van der Waals surface area contributed by atoms with Crippen molar-refractivity contribution >= 4 is 40.0 Å². The number of hydrogen-bond donors (Lipinski definition) is 2. The molecule has 188 valence electrons. The summed E-state index contributed by atoms with van der Waals surface area (Å²) in [5.74, 6) is 2.48. The standard InChI is InChI=1S/C28H27ClN6O2/c1-2-24(36)35-13-17-6-7-18(14-35)25(17)21-12-31-27-26(21)28(33-16-32-27)34-19-8-9-23(22(29)11-19)37-15-20-5-3-4-10-30-20/h2-5,8-12,16-18,25H,1,6-7,13-15H2,(H2,31,32,33,34)/t17-,18+,25?. The Morgan fingerprint density at radius 3 is 2.76 bits per heavy atom. The van der Waals surface area contributed by atoms with Gasteiger partial charge in [0.15, 0.2) is 0 Å². The number of aromatic amines is 1. The van der Waals surface area contributed by atoms with E-state index in [0.29, 0.717) is 35.1 Å². The molecule has 4 heterocycles. The summed E-state index contributed by atoms with van der Waals surface area (Å²) in [6.07, 6.45) is 8.98. The van der Waals surface area contributed by atoms with Gasteiger partial charge in [-0.1, -0.05) is 24.2 Å². The first-order valence-corrected chi connectivity index (χ1v) is 12.8. The second-order valence-electron chi connectivity index (χ2n) is 9.64. The molecule has 1 saturated heterocycles. The van der Waals surface area contributed by atoms with Crippen LogP contribution in [-0.2, 0) is 11.4 Å². The Hall–Kier alpha value is -3.91. The van der Waals surface area contributed by atoms with E-state index in [0.717, 1.165) is 54.2 Å². The van der Waals surface area contributed by atoms with E-state index >= 15 is 0 Å². The predicted octanol–water partition coefficient (Wildman–Crippen LogP) is 5.47. The Labute approximate surface area is 219 Å². The summed E-state index contributed by atoms with van der Waals surface area (Å²) in [6, 6.07) is 11.3. The molecule has 8 nitrogen and oxygen atoms in total. The van der Waals surface area contributed by atoms with Crippen LogP contribution in [0.3, 0.4) is 0 Å². The molecule has 1 saturated carbocycles. The van der Waals surface area contributed by atoms with Crippen LogP contribution in [0.1, 0.15) is 30.0 Å². The van der Waals surface area contributed by atoms with Gasteiger partial charge in [-0.3, -0.25) is 9.78 Å². The van der Waals surface area contributed by atoms with E-state index < -0.39 is 0 Å². The summed E-state index contributed by atoms with van der Waals surface area (Å²) < 4.78 is 5.86. The Kier molecular flexibility index (Phi) is 6.26. The third-order valence-corrected chi connectivity index (χ3v) is 7.77. The van der Waals surface area contributed by atoms with Gasteiger partial charge in [-0.2, -0.15) is 0 Å². The van der Waals surface area contributed by atoms with Gasteiger partial charge in [0.1, 0.15) is 30.1 Å². The number of hydrogen-bond acceptors (Lipinski definition) is 6. The van der Waals surface area contributed by atoms with Gasteiger partial charge < -0.3 is 19.9 Å². The third-order valence-electron chi connectivity index (χ3n) is 7.48. The number of piperidine rings is 1. The van der Waals surface area contributed by atoms with Gasteiger partial charge in [0, 0.05) is 31.2 Å². The van der Waals surface area contributed by atoms with Gasteiger partial charge in [-0.05, 0) is 72.6 Å². The van der Waals surface area contributed by atoms with E-state index in [1.54, 1.807) is 12.5 Å². The summed E-state index contributed by atoms with van der Waals surface area (Å²) >= 11 is 6.55. The van der Waals surface area contributed by atoms with Gasteiger partial charge in [-0.25, -0.2) is 9.97 Å². The molecular formula is C28H27ClN6O2. The Balaban J connectivity index is 1.24. The lowest BCUT2D eigenvalue weighted by Gasteiger charge is -2.37. The molecule has 1 aliphatic carbocycles. The fourth-order valence-electron chi connectivity index (χ4n) is 5.85. The van der Waals surface area contributed by atoms with Crippen molar-refractivity contribution in [3.63, 3.8) is 0 Å². The molecule has 3 aromatic heterocycles. The molecule has 37 heavy (non-hydrogen) atoms. The van der Waals surface area contributed by atoms with Crippen LogP contribution < -0.4 is 10.1 Å². The van der Waals surface area contributed by atoms with Crippen LogP contribution in [0.15, 0.2) is 67.8 Å². The van der Waals surface area contributed by atoms with Crippen LogP contribution in [0, 0.1) is 11.8 Å². The average Bonchev–Trinajstić information content (AvgIpc) is 3.45. The number of fused-ring (bicyclic) bond motifs is 3. The van der Waals surface area contributed by atoms with Crippen molar-refractivity contribution in [3.05, 3.63) is 84.1 Å². The van der Waals surface area contributed by atoms with Gasteiger partial charge in [0.2, 0.25) is 5.91 Å². The highest BCUT2D eigenvalue weighted by molar-refractivity contribution is 6.32. The molecule has 2 bridgehead atoms. The molecular weight excluding hydrogens is 488 g/mol. The Bertz CT molecular complexity index is 1440. The summed E-state index contributed by atoms with van der Waals surface area (Å²) in [5.41, 5.74) is 3.63. The quantitative estimate of drug-likeness (QED) is 0.318. The number of anilines is 2. The van der Waals surface area contributed by atoms with Crippen LogP contribution in [0.25, 0.3) is 11.0 Å². The topological polar surface area (TPSA) is 96.0 Å². The molecule has 0 spiro atoms. The Morgan fingerprint density at radius 2 is 2.03 bits per heavy atom. The normalized spacial score (nSPS) is 20.7. The van der Waals surface area contributed by atoms with Crippen molar-refractivity contribution in [1.82, 2.24) is 24.8 Å². The number of rotatable bonds is 7. The minimum atomic E-state index is 0.0179. The van der Waals surface area contributed by atoms with Gasteiger partial charge in [0.05, 0.1) is 16.1 Å². The maximum atomic E-state index is 12.3. The molecule has 2 N–H and O–H groups in total. The molecule has 1 aliphatic heterocycles. The molecule has 2 aliphatic rings. The first kappa shape index (κ1) is 23.5. The highest BCUT2D eigenvalue weighted by atomic mass is 35.5. The SMILES string of the molecule is C=CC(=O)N1C[C@H]2CC[C@@H](C1)C2c1c[nH]c2ncnc(Nc3ccc(OCc4ccccn4)c(Cl)c3)c12. The van der Waals surface area contributed by atoms with E-state index in [2.05, 4.69) is 38.0 Å². The maximum absolute atomic E-state index is 12.3. The molecule has 9 heteroatoms. The summed E-state index contributed by atoms with van der Waals surface area (Å²) in [7, 11) is 0. The number of likely N-dealkylation sites (tertiary alicyclic amines) is 1. The molecule has 6 rings (SSSR count). The average molecular weight is 515 g/mol. The zero-order valence-corrected chi connectivity index (χ0v) is 21.0. The molecule has 4 aromatic rings. The number of halogens is 1. The van der Waals surface area contributed by atoms with Crippen LogP contribution in [0.5, 0.6) is 5.75 Å². The van der Waals surface area contributed by atoms with Crippen LogP contribution >= 0.6 is 11.6 Å². The molecule has 3 atom stereocenters. The van der Waals surface area contributed by atoms with Gasteiger partial charge in [-0.15, -0.1) is 0 Å². The monoisotopic (exact) mass is 514 g/mol. The van der Waals surface area contributed by atoms with Crippen LogP contribution in [-0.4, -0.2) is 43.8 Å². The molecule has 2 fully saturated rings. The molecule has 0 radical (unpaired) electrons. The number of pyridine rings is 1. The largest absolute Gasteiger partial charge is 0.486 e. The number of H-pyrrole nitrogens is 1. The van der Waals surface area contributed by atoms with E-state index in [9.17, 15) is 4.79 Å². The number of carbonyl (C=O) groups excluding carboxylic acids is 1. The first-order chi connectivity index (χ1) is 18.1. The van der Waals surface area contributed by atoms with Crippen molar-refractivity contribution in [2.24, 2.45) is 11.8 Å². The van der Waals surface area contributed by atoms with Gasteiger partial charge >= 0.3 is 0 Å². The number of ether oxygens (including phenoxy) is 1. The fraction of sp³-hybridized carbons (Fsp3) is 0.286. The third kappa shape index (κ3) is 4.53. The lowest BCUT2D eigenvalue weighted by Crippen LogP contribution is -2.43. The number of amides is 1. The lowest BCUT2D eigenvalue weighted by atomic mass is 9.80. The van der Waals surface area contributed by atoms with Crippen molar-refractivity contribution in [2.45, 2.75) is 25.4 Å². The van der Waals surface area contributed by atoms with E-state index in [-0.39, 0.29) is 5.91 Å². The second kappa shape index (κ2) is 9.86. The van der Waals surface area contributed by atoms with Crippen LogP contribution in [0.4, 0.5) is 11.5 Å². The number of aromatic nitrogens is 4. The zero-order chi connectivity index (χ0) is 25.4. The minimum Gasteiger partial charge on any atom is -0.486 e. The first-order valence-electron chi connectivity index (χ1n) is 12.4. The zero-order valence-electron chi connectivity index (χ0n) is 20.2. The highest BCUT2D eigenvalue weighted by Crippen LogP contribution is 2.50. The number of carbonyl (C=O) groups is 1. The maximum Gasteiger partial charge on any atom is 0.245 e. The lowest BCUT2D eigenvalue weighted by molar-refractivity contribution is -0.128. The summed E-state index contributed by atoms with van der Waals surface area (Å²) in [5, 5.41) is 4.92. The van der Waals surface area contributed by atoms with E-state index in [1.807, 2.05) is 41.3 Å². The summed E-state index contributed by atoms with van der Waals surface area (Å²) in [6.45, 7) is 5.51. The van der Waals surface area contributed by atoms with E-state index in [4.69, 9.17) is 16.3 Å². The van der Waals surface area contributed by atoms with E-state index in [1.165, 1.54) is 11.6 Å². The number of nitrogens with one attached hydrogen (secondary N) is 2. The highest BCUT2D eigenvalue weighted by Gasteiger charge is 2.44. The molecule has 1 amide bonds. The van der Waals surface area contributed by atoms with Crippen molar-refractivity contribution in [1.29, 1.82) is 0 Å². The van der Waals surface area contributed by atoms with Crippen molar-refractivity contribution in [2.75, 3.05) is 18.4 Å². The Morgan fingerprint density at radius 1 is 1.19 bits per heavy atom. The van der Waals surface area contributed by atoms with Crippen molar-refractivity contribution < 1.29 is 9.53 Å². The predicted molar refractivity (Wildman–Crippen MR) is 143 cm³/mol. The van der Waals surface area contributed by atoms with Crippen molar-refractivity contribution in [3.8, 4) is 5.75 Å².